The molecule has 1 aliphatic rings. The molecule has 0 radical (unpaired) electrons. The van der Waals surface area contributed by atoms with E-state index in [0.717, 1.165) is 24.8 Å². The zero-order valence-electron chi connectivity index (χ0n) is 13.8. The normalized spacial score (nSPS) is 21.6. The SMILES string of the molecule is CN1CCNCC1(C)C(=O)NCc1ccc(-n2cc(F)cn2)nc1. The molecule has 2 aromatic rings. The molecule has 0 aliphatic carbocycles. The monoisotopic (exact) mass is 332 g/mol. The van der Waals surface area contributed by atoms with Crippen LogP contribution in [-0.4, -0.2) is 57.8 Å². The summed E-state index contributed by atoms with van der Waals surface area (Å²) in [6.45, 7) is 4.67. The highest BCUT2D eigenvalue weighted by atomic mass is 19.1. The van der Waals surface area contributed by atoms with Gasteiger partial charge in [-0.2, -0.15) is 5.10 Å². The molecule has 1 amide bonds. The zero-order valence-corrected chi connectivity index (χ0v) is 13.8. The molecule has 3 heterocycles. The van der Waals surface area contributed by atoms with E-state index in [-0.39, 0.29) is 5.91 Å². The van der Waals surface area contributed by atoms with E-state index >= 15 is 0 Å². The molecule has 1 aliphatic heterocycles. The standard InChI is InChI=1S/C16H21FN6O/c1-16(11-18-5-6-22(16)2)15(24)20-8-12-3-4-14(19-7-12)23-10-13(17)9-21-23/h3-4,7,9-10,18H,5-6,8,11H2,1-2H3,(H,20,24). The molecular formula is C16H21FN6O. The van der Waals surface area contributed by atoms with Crippen molar-refractivity contribution >= 4 is 5.91 Å². The number of halogens is 1. The maximum Gasteiger partial charge on any atom is 0.241 e. The quantitative estimate of drug-likeness (QED) is 0.843. The number of nitrogens with one attached hydrogen (secondary N) is 2. The smallest absolute Gasteiger partial charge is 0.241 e. The Labute approximate surface area is 139 Å². The number of carbonyl (C=O) groups excluding carboxylic acids is 1. The lowest BCUT2D eigenvalue weighted by atomic mass is 9.97. The molecule has 7 nitrogen and oxygen atoms in total. The maximum atomic E-state index is 13.0. The van der Waals surface area contributed by atoms with Crippen LogP contribution < -0.4 is 10.6 Å². The van der Waals surface area contributed by atoms with Gasteiger partial charge in [0.2, 0.25) is 5.91 Å². The Morgan fingerprint density at radius 2 is 2.29 bits per heavy atom. The van der Waals surface area contributed by atoms with E-state index < -0.39 is 11.4 Å². The summed E-state index contributed by atoms with van der Waals surface area (Å²) < 4.78 is 14.3. The molecule has 1 saturated heterocycles. The molecule has 0 spiro atoms. The third-order valence-electron chi connectivity index (χ3n) is 4.47. The van der Waals surface area contributed by atoms with Crippen LogP contribution in [0.5, 0.6) is 0 Å². The van der Waals surface area contributed by atoms with Gasteiger partial charge in [0.1, 0.15) is 5.54 Å². The second-order valence-electron chi connectivity index (χ2n) is 6.18. The lowest BCUT2D eigenvalue weighted by Gasteiger charge is -2.41. The van der Waals surface area contributed by atoms with Gasteiger partial charge in [-0.15, -0.1) is 0 Å². The third-order valence-corrected chi connectivity index (χ3v) is 4.47. The van der Waals surface area contributed by atoms with E-state index in [9.17, 15) is 9.18 Å². The molecule has 0 saturated carbocycles. The first-order valence-corrected chi connectivity index (χ1v) is 7.85. The van der Waals surface area contributed by atoms with E-state index in [2.05, 4.69) is 25.6 Å². The molecule has 1 fully saturated rings. The predicted molar refractivity (Wildman–Crippen MR) is 87.1 cm³/mol. The van der Waals surface area contributed by atoms with E-state index in [1.807, 2.05) is 20.0 Å². The fraction of sp³-hybridized carbons (Fsp3) is 0.438. The first-order valence-electron chi connectivity index (χ1n) is 7.85. The van der Waals surface area contributed by atoms with Crippen LogP contribution in [0.15, 0.2) is 30.7 Å². The van der Waals surface area contributed by atoms with Crippen LogP contribution in [0, 0.1) is 5.82 Å². The Morgan fingerprint density at radius 1 is 1.46 bits per heavy atom. The first kappa shape index (κ1) is 16.5. The van der Waals surface area contributed by atoms with Crippen molar-refractivity contribution in [3.8, 4) is 5.82 Å². The van der Waals surface area contributed by atoms with Crippen molar-refractivity contribution in [2.75, 3.05) is 26.7 Å². The van der Waals surface area contributed by atoms with Gasteiger partial charge in [0.05, 0.1) is 12.4 Å². The summed E-state index contributed by atoms with van der Waals surface area (Å²) in [5.74, 6) is 0.0965. The summed E-state index contributed by atoms with van der Waals surface area (Å²) >= 11 is 0. The molecule has 128 valence electrons. The minimum atomic E-state index is -0.557. The van der Waals surface area contributed by atoms with E-state index in [1.54, 1.807) is 12.3 Å². The average Bonchev–Trinajstić information content (AvgIpc) is 3.02. The minimum Gasteiger partial charge on any atom is -0.350 e. The Balaban J connectivity index is 1.61. The highest BCUT2D eigenvalue weighted by Gasteiger charge is 2.38. The van der Waals surface area contributed by atoms with Gasteiger partial charge in [-0.25, -0.2) is 14.1 Å². The van der Waals surface area contributed by atoms with Crippen LogP contribution in [0.4, 0.5) is 4.39 Å². The molecule has 8 heteroatoms. The second-order valence-corrected chi connectivity index (χ2v) is 6.18. The number of rotatable bonds is 4. The number of aromatic nitrogens is 3. The maximum absolute atomic E-state index is 13.0. The van der Waals surface area contributed by atoms with Gasteiger partial charge in [-0.1, -0.05) is 6.07 Å². The summed E-state index contributed by atoms with van der Waals surface area (Å²) in [6, 6.07) is 3.58. The molecule has 3 rings (SSSR count). The molecule has 1 atom stereocenters. The Kier molecular flexibility index (Phi) is 4.59. The summed E-state index contributed by atoms with van der Waals surface area (Å²) in [5, 5.41) is 10.1. The lowest BCUT2D eigenvalue weighted by molar-refractivity contribution is -0.133. The molecule has 0 aromatic carbocycles. The van der Waals surface area contributed by atoms with Crippen LogP contribution in [0.3, 0.4) is 0 Å². The minimum absolute atomic E-state index is 0.0181. The highest BCUT2D eigenvalue weighted by molar-refractivity contribution is 5.86. The Morgan fingerprint density at radius 3 is 2.92 bits per heavy atom. The Bertz CT molecular complexity index is 716. The van der Waals surface area contributed by atoms with Gasteiger partial charge in [0.15, 0.2) is 11.6 Å². The molecular weight excluding hydrogens is 311 g/mol. The van der Waals surface area contributed by atoms with Crippen molar-refractivity contribution in [1.82, 2.24) is 30.3 Å². The van der Waals surface area contributed by atoms with Gasteiger partial charge >= 0.3 is 0 Å². The van der Waals surface area contributed by atoms with Crippen molar-refractivity contribution in [3.05, 3.63) is 42.1 Å². The summed E-state index contributed by atoms with van der Waals surface area (Å²) in [6.07, 6.45) is 4.04. The fourth-order valence-corrected chi connectivity index (χ4v) is 2.67. The van der Waals surface area contributed by atoms with Gasteiger partial charge < -0.3 is 10.6 Å². The van der Waals surface area contributed by atoms with Gasteiger partial charge in [-0.05, 0) is 25.6 Å². The number of piperazine rings is 1. The zero-order chi connectivity index (χ0) is 17.2. The van der Waals surface area contributed by atoms with Crippen LogP contribution in [-0.2, 0) is 11.3 Å². The van der Waals surface area contributed by atoms with Crippen LogP contribution in [0.1, 0.15) is 12.5 Å². The topological polar surface area (TPSA) is 75.1 Å². The number of amides is 1. The molecule has 2 N–H and O–H groups in total. The van der Waals surface area contributed by atoms with Crippen molar-refractivity contribution in [2.24, 2.45) is 0 Å². The summed E-state index contributed by atoms with van der Waals surface area (Å²) in [5.41, 5.74) is 0.313. The third kappa shape index (κ3) is 3.29. The van der Waals surface area contributed by atoms with Gasteiger partial charge in [-0.3, -0.25) is 9.69 Å². The van der Waals surface area contributed by atoms with Crippen molar-refractivity contribution in [3.63, 3.8) is 0 Å². The summed E-state index contributed by atoms with van der Waals surface area (Å²) in [7, 11) is 1.96. The summed E-state index contributed by atoms with van der Waals surface area (Å²) in [4.78, 5) is 18.8. The van der Waals surface area contributed by atoms with Crippen LogP contribution >= 0.6 is 0 Å². The molecule has 24 heavy (non-hydrogen) atoms. The molecule has 1 unspecified atom stereocenters. The fourth-order valence-electron chi connectivity index (χ4n) is 2.67. The molecule has 2 aromatic heterocycles. The number of hydrogen-bond acceptors (Lipinski definition) is 5. The van der Waals surface area contributed by atoms with E-state index in [1.165, 1.54) is 10.9 Å². The van der Waals surface area contributed by atoms with E-state index in [4.69, 9.17) is 0 Å². The highest BCUT2D eigenvalue weighted by Crippen LogP contribution is 2.15. The van der Waals surface area contributed by atoms with Crippen molar-refractivity contribution < 1.29 is 9.18 Å². The van der Waals surface area contributed by atoms with Crippen LogP contribution in [0.2, 0.25) is 0 Å². The van der Waals surface area contributed by atoms with Crippen LogP contribution in [0.25, 0.3) is 5.82 Å². The van der Waals surface area contributed by atoms with Crippen molar-refractivity contribution in [1.29, 1.82) is 0 Å². The van der Waals surface area contributed by atoms with Gasteiger partial charge in [0, 0.05) is 32.4 Å². The molecule has 0 bridgehead atoms. The lowest BCUT2D eigenvalue weighted by Crippen LogP contribution is -2.65. The number of likely N-dealkylation sites (N-methyl/N-ethyl adjacent to an activating group) is 1. The predicted octanol–water partition coefficient (Wildman–Crippen LogP) is 0.316. The average molecular weight is 332 g/mol. The largest absolute Gasteiger partial charge is 0.350 e. The number of hydrogen-bond donors (Lipinski definition) is 2. The van der Waals surface area contributed by atoms with E-state index in [0.29, 0.717) is 18.9 Å². The first-order chi connectivity index (χ1) is 11.5. The van der Waals surface area contributed by atoms with Gasteiger partial charge in [0.25, 0.3) is 0 Å². The van der Waals surface area contributed by atoms with Crippen molar-refractivity contribution in [2.45, 2.75) is 19.0 Å². The Hall–Kier alpha value is -2.32. The number of carbonyl (C=O) groups is 1. The second kappa shape index (κ2) is 6.66. The number of nitrogens with zero attached hydrogens (tertiary/aromatic N) is 4. The number of pyridine rings is 1.